The van der Waals surface area contributed by atoms with Gasteiger partial charge in [0.05, 0.1) is 5.56 Å². The molecule has 1 aliphatic heterocycles. The Morgan fingerprint density at radius 3 is 2.02 bits per heavy atom. The zero-order valence-corrected chi connectivity index (χ0v) is 25.9. The van der Waals surface area contributed by atoms with Gasteiger partial charge in [0, 0.05) is 13.5 Å². The fourth-order valence-electron chi connectivity index (χ4n) is 5.23. The first-order chi connectivity index (χ1) is 21.8. The summed E-state index contributed by atoms with van der Waals surface area (Å²) in [6.45, 7) is 4.51. The molecule has 232 valence electrons. The number of hydrogen-bond donors (Lipinski definition) is 0. The third-order valence-corrected chi connectivity index (χ3v) is 7.22. The lowest BCUT2D eigenvalue weighted by molar-refractivity contribution is -0.148. The van der Waals surface area contributed by atoms with Gasteiger partial charge >= 0.3 is 11.9 Å². The van der Waals surface area contributed by atoms with E-state index in [0.29, 0.717) is 29.4 Å². The van der Waals surface area contributed by atoms with E-state index in [1.54, 1.807) is 36.4 Å². The van der Waals surface area contributed by atoms with E-state index in [1.165, 1.54) is 6.92 Å². The maximum absolute atomic E-state index is 12.6. The highest BCUT2D eigenvalue weighted by molar-refractivity contribution is 5.99. The van der Waals surface area contributed by atoms with E-state index in [4.69, 9.17) is 23.7 Å². The van der Waals surface area contributed by atoms with Gasteiger partial charge in [-0.1, -0.05) is 55.5 Å². The van der Waals surface area contributed by atoms with Gasteiger partial charge < -0.3 is 28.6 Å². The number of esters is 2. The molecule has 0 amide bonds. The monoisotopic (exact) mass is 607 g/mol. The average molecular weight is 608 g/mol. The number of allylic oxidation sites excluding steroid dienone is 1. The number of fused-ring (bicyclic) bond motifs is 1. The quantitative estimate of drug-likeness (QED) is 0.0980. The molecule has 0 bridgehead atoms. The first kappa shape index (κ1) is 31.3. The summed E-state index contributed by atoms with van der Waals surface area (Å²) in [5, 5.41) is 0. The highest BCUT2D eigenvalue weighted by Crippen LogP contribution is 2.40. The first-order valence-electron chi connectivity index (χ1n) is 14.9. The van der Waals surface area contributed by atoms with Crippen molar-refractivity contribution in [2.24, 2.45) is 0 Å². The van der Waals surface area contributed by atoms with Crippen molar-refractivity contribution in [2.45, 2.75) is 26.4 Å². The number of carbonyl (C=O) groups is 2. The Labute approximate surface area is 263 Å². The Hall–Kier alpha value is -5.08. The SMILES string of the molecule is CCC(=C(c1ccc(OCC(CN(C)C)OC(C)=O)cc1)c1ccc(OC(=O)c2ccccc2)cc1)c1ccc2c(c1)OCO2. The molecule has 1 heterocycles. The van der Waals surface area contributed by atoms with E-state index >= 15 is 0 Å². The molecule has 4 aromatic carbocycles. The van der Waals surface area contributed by atoms with E-state index in [2.05, 4.69) is 6.92 Å². The van der Waals surface area contributed by atoms with Crippen LogP contribution in [0.5, 0.6) is 23.0 Å². The van der Waals surface area contributed by atoms with Gasteiger partial charge in [-0.15, -0.1) is 0 Å². The van der Waals surface area contributed by atoms with Crippen LogP contribution in [-0.2, 0) is 9.53 Å². The lowest BCUT2D eigenvalue weighted by Gasteiger charge is -2.21. The van der Waals surface area contributed by atoms with Crippen LogP contribution in [-0.4, -0.2) is 57.0 Å². The predicted molar refractivity (Wildman–Crippen MR) is 173 cm³/mol. The van der Waals surface area contributed by atoms with Crippen molar-refractivity contribution in [2.75, 3.05) is 34.0 Å². The molecule has 1 unspecified atom stereocenters. The summed E-state index contributed by atoms with van der Waals surface area (Å²) >= 11 is 0. The molecule has 0 aliphatic carbocycles. The molecule has 0 N–H and O–H groups in total. The molecule has 1 aliphatic rings. The molecular formula is C37H37NO7. The molecule has 45 heavy (non-hydrogen) atoms. The molecule has 0 saturated heterocycles. The Bertz CT molecular complexity index is 1640. The summed E-state index contributed by atoms with van der Waals surface area (Å²) in [4.78, 5) is 26.1. The number of rotatable bonds is 12. The molecular weight excluding hydrogens is 570 g/mol. The molecule has 0 saturated carbocycles. The standard InChI is InChI=1S/C37H37NO7/c1-5-33(29-15-20-34-35(21-29)43-24-42-34)36(27-13-18-31(19-14-27)45-37(40)28-9-7-6-8-10-28)26-11-16-30(17-12-26)41-23-32(22-38(3)4)44-25(2)39/h6-21,32H,5,22-24H2,1-4H3. The van der Waals surface area contributed by atoms with Crippen LogP contribution in [0.3, 0.4) is 0 Å². The van der Waals surface area contributed by atoms with Gasteiger partial charge in [-0.25, -0.2) is 4.79 Å². The van der Waals surface area contributed by atoms with Gasteiger partial charge in [0.1, 0.15) is 24.2 Å². The summed E-state index contributed by atoms with van der Waals surface area (Å²) < 4.78 is 28.3. The Kier molecular flexibility index (Phi) is 10.2. The normalized spacial score (nSPS) is 13.2. The molecule has 0 fully saturated rings. The minimum absolute atomic E-state index is 0.203. The zero-order chi connectivity index (χ0) is 31.8. The van der Waals surface area contributed by atoms with Crippen LogP contribution in [0, 0.1) is 0 Å². The van der Waals surface area contributed by atoms with E-state index in [1.807, 2.05) is 79.7 Å². The maximum Gasteiger partial charge on any atom is 0.343 e. The fourth-order valence-corrected chi connectivity index (χ4v) is 5.23. The largest absolute Gasteiger partial charge is 0.490 e. The molecule has 0 spiro atoms. The molecule has 8 heteroatoms. The second-order valence-corrected chi connectivity index (χ2v) is 10.9. The highest BCUT2D eigenvalue weighted by Gasteiger charge is 2.19. The molecule has 0 radical (unpaired) electrons. The van der Waals surface area contributed by atoms with Gasteiger partial charge in [-0.3, -0.25) is 4.79 Å². The number of likely N-dealkylation sites (N-methyl/N-ethyl adjacent to an activating group) is 1. The van der Waals surface area contributed by atoms with E-state index in [9.17, 15) is 9.59 Å². The first-order valence-corrected chi connectivity index (χ1v) is 14.9. The molecule has 5 rings (SSSR count). The van der Waals surface area contributed by atoms with Crippen LogP contribution in [0.15, 0.2) is 97.1 Å². The number of hydrogen-bond acceptors (Lipinski definition) is 8. The number of carbonyl (C=O) groups excluding carboxylic acids is 2. The lowest BCUT2D eigenvalue weighted by Crippen LogP contribution is -2.34. The van der Waals surface area contributed by atoms with Crippen molar-refractivity contribution in [3.05, 3.63) is 119 Å². The Balaban J connectivity index is 1.45. The maximum atomic E-state index is 12.6. The molecule has 0 aromatic heterocycles. The minimum atomic E-state index is -0.411. The third-order valence-electron chi connectivity index (χ3n) is 7.22. The summed E-state index contributed by atoms with van der Waals surface area (Å²) in [6, 6.07) is 30.3. The van der Waals surface area contributed by atoms with Crippen LogP contribution in [0.2, 0.25) is 0 Å². The second-order valence-electron chi connectivity index (χ2n) is 10.9. The highest BCUT2D eigenvalue weighted by atomic mass is 16.7. The average Bonchev–Trinajstić information content (AvgIpc) is 3.51. The third kappa shape index (κ3) is 8.10. The van der Waals surface area contributed by atoms with Gasteiger partial charge in [-0.05, 0) is 96.9 Å². The molecule has 4 aromatic rings. The summed E-state index contributed by atoms with van der Waals surface area (Å²) in [7, 11) is 3.84. The topological polar surface area (TPSA) is 83.5 Å². The van der Waals surface area contributed by atoms with Crippen molar-refractivity contribution in [1.82, 2.24) is 4.90 Å². The summed E-state index contributed by atoms with van der Waals surface area (Å²) in [6.07, 6.45) is 0.354. The van der Waals surface area contributed by atoms with Gasteiger partial charge in [0.2, 0.25) is 6.79 Å². The molecule has 8 nitrogen and oxygen atoms in total. The van der Waals surface area contributed by atoms with Crippen LogP contribution < -0.4 is 18.9 Å². The molecule has 1 atom stereocenters. The van der Waals surface area contributed by atoms with Gasteiger partial charge in [-0.2, -0.15) is 0 Å². The van der Waals surface area contributed by atoms with Crippen molar-refractivity contribution in [3.8, 4) is 23.0 Å². The van der Waals surface area contributed by atoms with Crippen LogP contribution in [0.1, 0.15) is 47.3 Å². The van der Waals surface area contributed by atoms with Gasteiger partial charge in [0.15, 0.2) is 11.5 Å². The smallest absolute Gasteiger partial charge is 0.343 e. The number of ether oxygens (including phenoxy) is 5. The predicted octanol–water partition coefficient (Wildman–Crippen LogP) is 6.88. The fraction of sp³-hybridized carbons (Fsp3) is 0.243. The minimum Gasteiger partial charge on any atom is -0.490 e. The van der Waals surface area contributed by atoms with Crippen molar-refractivity contribution in [1.29, 1.82) is 0 Å². The lowest BCUT2D eigenvalue weighted by atomic mass is 9.88. The van der Waals surface area contributed by atoms with Crippen molar-refractivity contribution in [3.63, 3.8) is 0 Å². The zero-order valence-electron chi connectivity index (χ0n) is 25.9. The van der Waals surface area contributed by atoms with Crippen LogP contribution in [0.4, 0.5) is 0 Å². The van der Waals surface area contributed by atoms with Crippen LogP contribution in [0.25, 0.3) is 11.1 Å². The van der Waals surface area contributed by atoms with E-state index < -0.39 is 5.97 Å². The van der Waals surface area contributed by atoms with Crippen molar-refractivity contribution >= 4 is 23.1 Å². The second kappa shape index (κ2) is 14.6. The van der Waals surface area contributed by atoms with Crippen molar-refractivity contribution < 1.29 is 33.3 Å². The Morgan fingerprint density at radius 1 is 0.778 bits per heavy atom. The Morgan fingerprint density at radius 2 is 1.40 bits per heavy atom. The summed E-state index contributed by atoms with van der Waals surface area (Å²) in [5.41, 5.74) is 5.58. The van der Waals surface area contributed by atoms with Crippen LogP contribution >= 0.6 is 0 Å². The van der Waals surface area contributed by atoms with E-state index in [-0.39, 0.29) is 25.5 Å². The van der Waals surface area contributed by atoms with Gasteiger partial charge in [0.25, 0.3) is 0 Å². The van der Waals surface area contributed by atoms with E-state index in [0.717, 1.165) is 40.0 Å². The summed E-state index contributed by atoms with van der Waals surface area (Å²) in [5.74, 6) is 1.81. The number of benzene rings is 4. The number of nitrogens with zero attached hydrogens (tertiary/aromatic N) is 1.